The lowest BCUT2D eigenvalue weighted by molar-refractivity contribution is 0.00870. The number of aliphatic imine (C=N–C) groups is 1. The van der Waals surface area contributed by atoms with Gasteiger partial charge in [-0.1, -0.05) is 26.0 Å². The van der Waals surface area contributed by atoms with Crippen molar-refractivity contribution in [1.29, 1.82) is 0 Å². The Morgan fingerprint density at radius 3 is 2.76 bits per heavy atom. The Labute approximate surface area is 151 Å². The summed E-state index contributed by atoms with van der Waals surface area (Å²) >= 11 is 0. The fourth-order valence-electron chi connectivity index (χ4n) is 3.92. The third kappa shape index (κ3) is 4.73. The van der Waals surface area contributed by atoms with Gasteiger partial charge in [0.05, 0.1) is 19.8 Å². The van der Waals surface area contributed by atoms with Crippen LogP contribution in [0.25, 0.3) is 0 Å². The van der Waals surface area contributed by atoms with E-state index in [9.17, 15) is 0 Å². The maximum atomic E-state index is 6.21. The van der Waals surface area contributed by atoms with E-state index in [1.807, 2.05) is 0 Å². The average Bonchev–Trinajstić information content (AvgIpc) is 2.63. The molecule has 0 saturated carbocycles. The van der Waals surface area contributed by atoms with Gasteiger partial charge in [-0.15, -0.1) is 0 Å². The van der Waals surface area contributed by atoms with Gasteiger partial charge in [0.15, 0.2) is 5.96 Å². The number of aryl methyl sites for hydroxylation is 1. The molecule has 1 aromatic rings. The van der Waals surface area contributed by atoms with Crippen LogP contribution >= 0.6 is 0 Å². The van der Waals surface area contributed by atoms with Crippen LogP contribution in [0.4, 0.5) is 5.69 Å². The molecule has 1 fully saturated rings. The largest absolute Gasteiger partial charge is 0.379 e. The molecule has 1 aliphatic carbocycles. The SMILES string of the molecule is CC(C)C(CN=C(N)Nc1cccc2c1CCCC2)N1CCOCC1. The molecule has 0 aromatic heterocycles. The van der Waals surface area contributed by atoms with Crippen molar-refractivity contribution in [3.63, 3.8) is 0 Å². The van der Waals surface area contributed by atoms with Crippen LogP contribution in [0.2, 0.25) is 0 Å². The van der Waals surface area contributed by atoms with E-state index in [1.165, 1.54) is 30.4 Å². The molecule has 25 heavy (non-hydrogen) atoms. The lowest BCUT2D eigenvalue weighted by Crippen LogP contribution is -2.47. The van der Waals surface area contributed by atoms with E-state index in [0.717, 1.165) is 45.0 Å². The summed E-state index contributed by atoms with van der Waals surface area (Å²) in [4.78, 5) is 7.15. The molecular weight excluding hydrogens is 312 g/mol. The second-order valence-electron chi connectivity index (χ2n) is 7.46. The number of nitrogens with one attached hydrogen (secondary N) is 1. The van der Waals surface area contributed by atoms with Crippen LogP contribution in [0.1, 0.15) is 37.8 Å². The second-order valence-corrected chi connectivity index (χ2v) is 7.46. The number of morpholine rings is 1. The molecule has 0 radical (unpaired) electrons. The van der Waals surface area contributed by atoms with Crippen molar-refractivity contribution in [3.8, 4) is 0 Å². The van der Waals surface area contributed by atoms with E-state index in [2.05, 4.69) is 47.3 Å². The number of anilines is 1. The molecule has 1 heterocycles. The number of nitrogens with zero attached hydrogens (tertiary/aromatic N) is 2. The average molecular weight is 345 g/mol. The normalized spacial score (nSPS) is 20.4. The van der Waals surface area contributed by atoms with Crippen molar-refractivity contribution < 1.29 is 4.74 Å². The van der Waals surface area contributed by atoms with Crippen molar-refractivity contribution >= 4 is 11.6 Å². The molecule has 3 rings (SSSR count). The lowest BCUT2D eigenvalue weighted by atomic mass is 9.90. The third-order valence-electron chi connectivity index (χ3n) is 5.39. The highest BCUT2D eigenvalue weighted by atomic mass is 16.5. The topological polar surface area (TPSA) is 62.9 Å². The van der Waals surface area contributed by atoms with E-state index in [-0.39, 0.29) is 0 Å². The Morgan fingerprint density at radius 1 is 1.24 bits per heavy atom. The molecule has 5 nitrogen and oxygen atoms in total. The minimum atomic E-state index is 0.411. The van der Waals surface area contributed by atoms with Crippen LogP contribution in [-0.4, -0.2) is 49.7 Å². The molecule has 0 spiro atoms. The fraction of sp³-hybridized carbons (Fsp3) is 0.650. The molecule has 1 unspecified atom stereocenters. The van der Waals surface area contributed by atoms with Crippen molar-refractivity contribution in [2.24, 2.45) is 16.6 Å². The summed E-state index contributed by atoms with van der Waals surface area (Å²) in [7, 11) is 0. The van der Waals surface area contributed by atoms with Crippen LogP contribution in [-0.2, 0) is 17.6 Å². The molecule has 138 valence electrons. The van der Waals surface area contributed by atoms with E-state index in [1.54, 1.807) is 0 Å². The first-order chi connectivity index (χ1) is 12.1. The summed E-state index contributed by atoms with van der Waals surface area (Å²) in [6.45, 7) is 8.84. The van der Waals surface area contributed by atoms with Gasteiger partial charge in [-0.3, -0.25) is 9.89 Å². The van der Waals surface area contributed by atoms with E-state index < -0.39 is 0 Å². The van der Waals surface area contributed by atoms with Gasteiger partial charge in [-0.05, 0) is 48.8 Å². The van der Waals surface area contributed by atoms with Gasteiger partial charge in [0.25, 0.3) is 0 Å². The number of benzene rings is 1. The number of fused-ring (bicyclic) bond motifs is 1. The number of hydrogen-bond acceptors (Lipinski definition) is 3. The molecule has 3 N–H and O–H groups in total. The molecular formula is C20H32N4O. The Morgan fingerprint density at radius 2 is 2.00 bits per heavy atom. The van der Waals surface area contributed by atoms with Gasteiger partial charge in [0.1, 0.15) is 0 Å². The molecule has 2 aliphatic rings. The quantitative estimate of drug-likeness (QED) is 0.637. The molecule has 1 atom stereocenters. The first kappa shape index (κ1) is 18.2. The Kier molecular flexibility index (Phi) is 6.32. The number of guanidine groups is 1. The standard InChI is InChI=1S/C20H32N4O/c1-15(2)19(24-10-12-25-13-11-24)14-22-20(21)23-18-9-5-7-16-6-3-4-8-17(16)18/h5,7,9,15,19H,3-4,6,8,10-14H2,1-2H3,(H3,21,22,23). The summed E-state index contributed by atoms with van der Waals surface area (Å²) in [6, 6.07) is 6.88. The van der Waals surface area contributed by atoms with Gasteiger partial charge in [0.2, 0.25) is 0 Å². The number of rotatable bonds is 5. The van der Waals surface area contributed by atoms with Gasteiger partial charge in [0, 0.05) is 24.8 Å². The van der Waals surface area contributed by atoms with Crippen molar-refractivity contribution in [2.75, 3.05) is 38.2 Å². The van der Waals surface area contributed by atoms with E-state index in [0.29, 0.717) is 17.9 Å². The van der Waals surface area contributed by atoms with Crippen LogP contribution in [0.3, 0.4) is 0 Å². The van der Waals surface area contributed by atoms with E-state index in [4.69, 9.17) is 10.5 Å². The third-order valence-corrected chi connectivity index (χ3v) is 5.39. The van der Waals surface area contributed by atoms with Crippen LogP contribution in [0.5, 0.6) is 0 Å². The number of ether oxygens (including phenoxy) is 1. The summed E-state index contributed by atoms with van der Waals surface area (Å²) in [5.41, 5.74) is 10.2. The zero-order valence-corrected chi connectivity index (χ0v) is 15.6. The summed E-state index contributed by atoms with van der Waals surface area (Å²) in [5, 5.41) is 3.35. The van der Waals surface area contributed by atoms with Crippen molar-refractivity contribution in [3.05, 3.63) is 29.3 Å². The van der Waals surface area contributed by atoms with Gasteiger partial charge in [-0.2, -0.15) is 0 Å². The molecule has 5 heteroatoms. The first-order valence-electron chi connectivity index (χ1n) is 9.64. The molecule has 1 saturated heterocycles. The molecule has 1 aliphatic heterocycles. The van der Waals surface area contributed by atoms with Crippen LogP contribution < -0.4 is 11.1 Å². The predicted molar refractivity (Wildman–Crippen MR) is 104 cm³/mol. The summed E-state index contributed by atoms with van der Waals surface area (Å²) in [5.74, 6) is 1.07. The Bertz CT molecular complexity index is 593. The zero-order chi connectivity index (χ0) is 17.6. The Hall–Kier alpha value is -1.59. The monoisotopic (exact) mass is 344 g/mol. The first-order valence-corrected chi connectivity index (χ1v) is 9.64. The summed E-state index contributed by atoms with van der Waals surface area (Å²) in [6.07, 6.45) is 4.85. The minimum absolute atomic E-state index is 0.411. The van der Waals surface area contributed by atoms with Crippen LogP contribution in [0, 0.1) is 5.92 Å². The maximum Gasteiger partial charge on any atom is 0.193 e. The smallest absolute Gasteiger partial charge is 0.193 e. The van der Waals surface area contributed by atoms with Gasteiger partial charge < -0.3 is 15.8 Å². The van der Waals surface area contributed by atoms with Crippen molar-refractivity contribution in [2.45, 2.75) is 45.6 Å². The fourth-order valence-corrected chi connectivity index (χ4v) is 3.92. The number of nitrogens with two attached hydrogens (primary N) is 1. The predicted octanol–water partition coefficient (Wildman–Crippen LogP) is 2.65. The number of hydrogen-bond donors (Lipinski definition) is 2. The van der Waals surface area contributed by atoms with Gasteiger partial charge in [-0.25, -0.2) is 0 Å². The highest BCUT2D eigenvalue weighted by Crippen LogP contribution is 2.27. The lowest BCUT2D eigenvalue weighted by Gasteiger charge is -2.36. The summed E-state index contributed by atoms with van der Waals surface area (Å²) < 4.78 is 5.47. The van der Waals surface area contributed by atoms with E-state index >= 15 is 0 Å². The highest BCUT2D eigenvalue weighted by molar-refractivity contribution is 5.93. The second kappa shape index (κ2) is 8.68. The molecule has 1 aromatic carbocycles. The van der Waals surface area contributed by atoms with Crippen molar-refractivity contribution in [1.82, 2.24) is 4.90 Å². The Balaban J connectivity index is 1.65. The molecule has 0 amide bonds. The highest BCUT2D eigenvalue weighted by Gasteiger charge is 2.23. The van der Waals surface area contributed by atoms with Gasteiger partial charge >= 0.3 is 0 Å². The van der Waals surface area contributed by atoms with Crippen LogP contribution in [0.15, 0.2) is 23.2 Å². The minimum Gasteiger partial charge on any atom is -0.379 e. The zero-order valence-electron chi connectivity index (χ0n) is 15.6. The maximum absolute atomic E-state index is 6.21. The molecule has 0 bridgehead atoms.